The van der Waals surface area contributed by atoms with Gasteiger partial charge < -0.3 is 14.4 Å². The summed E-state index contributed by atoms with van der Waals surface area (Å²) in [4.78, 5) is 39.3. The van der Waals surface area contributed by atoms with E-state index in [1.807, 2.05) is 42.5 Å². The highest BCUT2D eigenvalue weighted by molar-refractivity contribution is 7.89. The van der Waals surface area contributed by atoms with Crippen LogP contribution in [0.15, 0.2) is 65.6 Å². The third-order valence-electron chi connectivity index (χ3n) is 7.71. The topological polar surface area (TPSA) is 151 Å². The number of amides is 2. The largest absolute Gasteiger partial charge is 0.497 e. The number of likely N-dealkylation sites (tertiary alicyclic amines) is 1. The van der Waals surface area contributed by atoms with Crippen molar-refractivity contribution in [3.63, 3.8) is 0 Å². The van der Waals surface area contributed by atoms with Crippen molar-refractivity contribution in [2.75, 3.05) is 33.4 Å². The van der Waals surface area contributed by atoms with Gasteiger partial charge in [0.1, 0.15) is 5.75 Å². The van der Waals surface area contributed by atoms with E-state index in [1.165, 1.54) is 25.3 Å². The Morgan fingerprint density at radius 1 is 1.05 bits per heavy atom. The first-order valence-electron chi connectivity index (χ1n) is 14.2. The van der Waals surface area contributed by atoms with E-state index in [0.29, 0.717) is 38.3 Å². The number of piperidine rings is 1. The molecule has 12 heteroatoms. The van der Waals surface area contributed by atoms with Gasteiger partial charge in [0.25, 0.3) is 5.91 Å². The highest BCUT2D eigenvalue weighted by Crippen LogP contribution is 2.33. The number of nitrogens with one attached hydrogen (secondary N) is 2. The van der Waals surface area contributed by atoms with Crippen molar-refractivity contribution in [3.05, 3.63) is 71.8 Å². The molecule has 1 unspecified atom stereocenters. The van der Waals surface area contributed by atoms with Crippen LogP contribution in [0, 0.1) is 5.92 Å². The predicted molar refractivity (Wildman–Crippen MR) is 159 cm³/mol. The molecule has 2 amide bonds. The summed E-state index contributed by atoms with van der Waals surface area (Å²) < 4.78 is 40.0. The van der Waals surface area contributed by atoms with Gasteiger partial charge in [0.05, 0.1) is 30.4 Å². The number of sulfonamides is 1. The summed E-state index contributed by atoms with van der Waals surface area (Å²) in [5.41, 5.74) is 2.62. The zero-order valence-corrected chi connectivity index (χ0v) is 25.1. The minimum Gasteiger partial charge on any atom is -0.497 e. The number of carbonyl (C=O) groups excluding carboxylic acids is 3. The number of fused-ring (bicyclic) bond motifs is 1. The Labute approximate surface area is 251 Å². The first-order valence-corrected chi connectivity index (χ1v) is 15.7. The molecule has 0 saturated carbocycles. The van der Waals surface area contributed by atoms with Crippen LogP contribution in [-0.2, 0) is 35.6 Å². The van der Waals surface area contributed by atoms with E-state index in [0.717, 1.165) is 16.3 Å². The van der Waals surface area contributed by atoms with Crippen molar-refractivity contribution in [1.29, 1.82) is 0 Å². The maximum Gasteiger partial charge on any atom is 0.309 e. The Hall–Kier alpha value is -4.00. The second kappa shape index (κ2) is 14.5. The van der Waals surface area contributed by atoms with Gasteiger partial charge in [-0.3, -0.25) is 19.6 Å². The summed E-state index contributed by atoms with van der Waals surface area (Å²) in [5.74, 6) is -2.25. The van der Waals surface area contributed by atoms with Crippen LogP contribution in [0.2, 0.25) is 0 Å². The molecule has 0 aliphatic carbocycles. The smallest absolute Gasteiger partial charge is 0.309 e. The molecular formula is C31H37N3O8S. The zero-order chi connectivity index (χ0) is 31.0. The number of esters is 1. The van der Waals surface area contributed by atoms with E-state index >= 15 is 0 Å². The lowest BCUT2D eigenvalue weighted by molar-refractivity contribution is -0.151. The molecule has 1 saturated heterocycles. The Morgan fingerprint density at radius 2 is 1.77 bits per heavy atom. The van der Waals surface area contributed by atoms with Crippen molar-refractivity contribution in [1.82, 2.24) is 15.1 Å². The third kappa shape index (κ3) is 7.70. The normalized spacial score (nSPS) is 14.7. The Morgan fingerprint density at radius 3 is 2.47 bits per heavy atom. The predicted octanol–water partition coefficient (Wildman–Crippen LogP) is 3.15. The Balaban J connectivity index is 1.52. The lowest BCUT2D eigenvalue weighted by atomic mass is 9.89. The third-order valence-corrected chi connectivity index (χ3v) is 9.25. The summed E-state index contributed by atoms with van der Waals surface area (Å²) in [6, 6.07) is 17.6. The first-order chi connectivity index (χ1) is 20.7. The average molecular weight is 612 g/mol. The summed E-state index contributed by atoms with van der Waals surface area (Å²) in [6.07, 6.45) is 1.02. The molecule has 1 fully saturated rings. The molecule has 3 N–H and O–H groups in total. The maximum atomic E-state index is 13.5. The molecule has 230 valence electrons. The molecular weight excluding hydrogens is 574 g/mol. The monoisotopic (exact) mass is 611 g/mol. The molecule has 1 aliphatic heterocycles. The van der Waals surface area contributed by atoms with Crippen molar-refractivity contribution in [2.45, 2.75) is 43.4 Å². The quantitative estimate of drug-likeness (QED) is 0.161. The van der Waals surface area contributed by atoms with Gasteiger partial charge in [-0.15, -0.1) is 0 Å². The van der Waals surface area contributed by atoms with Gasteiger partial charge in [0.15, 0.2) is 0 Å². The van der Waals surface area contributed by atoms with Crippen molar-refractivity contribution < 1.29 is 37.5 Å². The minimum atomic E-state index is -4.19. The lowest BCUT2D eigenvalue weighted by Crippen LogP contribution is -2.41. The van der Waals surface area contributed by atoms with Crippen LogP contribution in [0.25, 0.3) is 10.8 Å². The second-order valence-electron chi connectivity index (χ2n) is 10.3. The number of hydrogen-bond donors (Lipinski definition) is 3. The maximum absolute atomic E-state index is 13.5. The van der Waals surface area contributed by atoms with Crippen LogP contribution in [-0.4, -0.2) is 69.7 Å². The number of carbonyl (C=O) groups is 3. The molecule has 1 aliphatic rings. The van der Waals surface area contributed by atoms with Crippen LogP contribution in [0.4, 0.5) is 0 Å². The molecule has 1 atom stereocenters. The van der Waals surface area contributed by atoms with Crippen molar-refractivity contribution in [3.8, 4) is 5.75 Å². The molecule has 1 heterocycles. The standard InChI is InChI=1S/C31H37N3O8S/c1-3-42-31(37)22-14-17-34(18-15-22)29(35)13-16-32-43(39,40)28-12-11-24(41-2)20-26(28)27(30(36)33-38)19-23-9-6-8-21-7-4-5-10-25(21)23/h4-12,20,22,27,32,38H,3,13-19H2,1-2H3,(H,33,36). The fourth-order valence-electron chi connectivity index (χ4n) is 5.44. The Kier molecular flexibility index (Phi) is 10.7. The molecule has 11 nitrogen and oxygen atoms in total. The first kappa shape index (κ1) is 31.9. The second-order valence-corrected chi connectivity index (χ2v) is 12.1. The molecule has 3 aromatic carbocycles. The number of methoxy groups -OCH3 is 1. The van der Waals surface area contributed by atoms with Gasteiger partial charge in [-0.1, -0.05) is 42.5 Å². The Bertz CT molecular complexity index is 1560. The van der Waals surface area contributed by atoms with Crippen molar-refractivity contribution >= 4 is 38.6 Å². The van der Waals surface area contributed by atoms with Crippen LogP contribution in [0.5, 0.6) is 5.75 Å². The number of hydrogen-bond acceptors (Lipinski definition) is 8. The molecule has 3 aromatic rings. The van der Waals surface area contributed by atoms with Gasteiger partial charge in [0, 0.05) is 26.1 Å². The molecule has 0 aromatic heterocycles. The van der Waals surface area contributed by atoms with Crippen molar-refractivity contribution in [2.24, 2.45) is 5.92 Å². The van der Waals surface area contributed by atoms with E-state index in [4.69, 9.17) is 9.47 Å². The average Bonchev–Trinajstić information content (AvgIpc) is 3.03. The summed E-state index contributed by atoms with van der Waals surface area (Å²) >= 11 is 0. The van der Waals surface area contributed by atoms with E-state index in [2.05, 4.69) is 4.72 Å². The molecule has 43 heavy (non-hydrogen) atoms. The van der Waals surface area contributed by atoms with E-state index in [9.17, 15) is 28.0 Å². The fraction of sp³-hybridized carbons (Fsp3) is 0.387. The van der Waals surface area contributed by atoms with E-state index in [-0.39, 0.29) is 47.6 Å². The van der Waals surface area contributed by atoms with Crippen LogP contribution < -0.4 is 14.9 Å². The number of hydroxylamine groups is 1. The van der Waals surface area contributed by atoms with Gasteiger partial charge in [0.2, 0.25) is 15.9 Å². The summed E-state index contributed by atoms with van der Waals surface area (Å²) in [5, 5.41) is 11.5. The highest BCUT2D eigenvalue weighted by Gasteiger charge is 2.31. The van der Waals surface area contributed by atoms with E-state index < -0.39 is 21.8 Å². The van der Waals surface area contributed by atoms with Gasteiger partial charge in [-0.05, 0) is 66.3 Å². The highest BCUT2D eigenvalue weighted by atomic mass is 32.2. The summed E-state index contributed by atoms with van der Waals surface area (Å²) in [6.45, 7) is 2.68. The number of nitrogens with zero attached hydrogens (tertiary/aromatic N) is 1. The van der Waals surface area contributed by atoms with Gasteiger partial charge in [-0.25, -0.2) is 18.6 Å². The zero-order valence-electron chi connectivity index (χ0n) is 24.2. The van der Waals surface area contributed by atoms with E-state index in [1.54, 1.807) is 17.3 Å². The minimum absolute atomic E-state index is 0.0780. The van der Waals surface area contributed by atoms with Crippen LogP contribution >= 0.6 is 0 Å². The van der Waals surface area contributed by atoms with Crippen LogP contribution in [0.3, 0.4) is 0 Å². The number of ether oxygens (including phenoxy) is 2. The molecule has 0 spiro atoms. The molecule has 4 rings (SSSR count). The molecule has 0 radical (unpaired) electrons. The number of benzene rings is 3. The van der Waals surface area contributed by atoms with Crippen LogP contribution in [0.1, 0.15) is 43.2 Å². The van der Waals surface area contributed by atoms with Gasteiger partial charge in [-0.2, -0.15) is 0 Å². The number of rotatable bonds is 12. The summed E-state index contributed by atoms with van der Waals surface area (Å²) in [7, 11) is -2.76. The van der Waals surface area contributed by atoms with Gasteiger partial charge >= 0.3 is 5.97 Å². The SMILES string of the molecule is CCOC(=O)C1CCN(C(=O)CCNS(=O)(=O)c2ccc(OC)cc2C(Cc2cccc3ccccc23)C(=O)NO)CC1. The fourth-order valence-corrected chi connectivity index (χ4v) is 6.72. The molecule has 0 bridgehead atoms. The lowest BCUT2D eigenvalue weighted by Gasteiger charge is -2.31.